The molecule has 0 spiro atoms. The monoisotopic (exact) mass is 454 g/mol. The van der Waals surface area contributed by atoms with Gasteiger partial charge in [-0.1, -0.05) is 24.1 Å². The van der Waals surface area contributed by atoms with Crippen LogP contribution < -0.4 is 16.0 Å². The minimum absolute atomic E-state index is 0.0268. The highest BCUT2D eigenvalue weighted by Gasteiger charge is 2.41. The third kappa shape index (κ3) is 5.12. The number of carbonyl (C=O) groups excluding carboxylic acids is 2. The molecule has 3 atom stereocenters. The third-order valence-corrected chi connectivity index (χ3v) is 5.56. The van der Waals surface area contributed by atoms with Crippen LogP contribution in [0, 0.1) is 11.6 Å². The highest BCUT2D eigenvalue weighted by molar-refractivity contribution is 6.31. The number of alkyl halides is 3. The van der Waals surface area contributed by atoms with Gasteiger partial charge in [0.1, 0.15) is 22.7 Å². The van der Waals surface area contributed by atoms with E-state index in [1.54, 1.807) is 0 Å². The van der Waals surface area contributed by atoms with Crippen molar-refractivity contribution in [3.8, 4) is 0 Å². The Bertz CT molecular complexity index is 823. The number of nitrogens with one attached hydrogen (secondary N) is 3. The Morgan fingerprint density at radius 2 is 2.03 bits per heavy atom. The molecule has 3 N–H and O–H groups in total. The van der Waals surface area contributed by atoms with E-state index in [2.05, 4.69) is 16.0 Å². The highest BCUT2D eigenvalue weighted by Crippen LogP contribution is 2.34. The first-order valence-corrected chi connectivity index (χ1v) is 9.73. The van der Waals surface area contributed by atoms with Crippen molar-refractivity contribution in [2.75, 3.05) is 19.6 Å². The number of hydrogen-bond acceptors (Lipinski definition) is 3. The summed E-state index contributed by atoms with van der Waals surface area (Å²) in [6.07, 6.45) is -3.15. The molecule has 2 saturated heterocycles. The number of urea groups is 1. The topological polar surface area (TPSA) is 73.5 Å². The maximum atomic E-state index is 14.8. The molecular formula is C18H20ClF5N4O2. The van der Waals surface area contributed by atoms with E-state index >= 15 is 0 Å². The second-order valence-electron chi connectivity index (χ2n) is 7.31. The molecule has 30 heavy (non-hydrogen) atoms. The average Bonchev–Trinajstić information content (AvgIpc) is 3.11. The van der Waals surface area contributed by atoms with Gasteiger partial charge in [0.2, 0.25) is 5.91 Å². The van der Waals surface area contributed by atoms with E-state index in [0.717, 1.165) is 17.0 Å². The normalized spacial score (nSPS) is 23.6. The molecule has 1 aromatic carbocycles. The number of halogens is 6. The van der Waals surface area contributed by atoms with Crippen LogP contribution in [-0.2, 0) is 4.79 Å². The first-order valence-electron chi connectivity index (χ1n) is 9.36. The zero-order valence-corrected chi connectivity index (χ0v) is 16.4. The number of nitrogens with zero attached hydrogens (tertiary/aromatic N) is 1. The summed E-state index contributed by atoms with van der Waals surface area (Å²) in [5.74, 6) is -2.87. The quantitative estimate of drug-likeness (QED) is 0.473. The zero-order chi connectivity index (χ0) is 22.1. The number of likely N-dealkylation sites (tertiary alicyclic amines) is 1. The van der Waals surface area contributed by atoms with Gasteiger partial charge in [0.15, 0.2) is 0 Å². The molecule has 0 saturated carbocycles. The van der Waals surface area contributed by atoms with Gasteiger partial charge in [0.25, 0.3) is 0 Å². The maximum Gasteiger partial charge on any atom is 0.401 e. The molecule has 2 aliphatic rings. The van der Waals surface area contributed by atoms with Gasteiger partial charge in [-0.3, -0.25) is 9.69 Å². The van der Waals surface area contributed by atoms with E-state index in [9.17, 15) is 31.5 Å². The summed E-state index contributed by atoms with van der Waals surface area (Å²) >= 11 is 5.67. The lowest BCUT2D eigenvalue weighted by atomic mass is 9.90. The molecule has 0 unspecified atom stereocenters. The van der Waals surface area contributed by atoms with Gasteiger partial charge in [0, 0.05) is 18.2 Å². The summed E-state index contributed by atoms with van der Waals surface area (Å²) in [6.45, 7) is -1.15. The van der Waals surface area contributed by atoms with Crippen molar-refractivity contribution in [2.45, 2.75) is 43.6 Å². The molecule has 3 amide bonds. The molecule has 0 bridgehead atoms. The smallest absolute Gasteiger partial charge is 0.346 e. The summed E-state index contributed by atoms with van der Waals surface area (Å²) in [5.41, 5.74) is -0.217. The Balaban J connectivity index is 1.95. The van der Waals surface area contributed by atoms with Gasteiger partial charge >= 0.3 is 12.2 Å². The van der Waals surface area contributed by atoms with Crippen LogP contribution in [0.2, 0.25) is 5.02 Å². The molecule has 1 aromatic rings. The molecule has 2 fully saturated rings. The van der Waals surface area contributed by atoms with Crippen LogP contribution in [0.4, 0.5) is 26.7 Å². The van der Waals surface area contributed by atoms with Gasteiger partial charge in [-0.05, 0) is 25.5 Å². The molecular weight excluding hydrogens is 435 g/mol. The molecule has 2 aliphatic heterocycles. The Morgan fingerprint density at radius 1 is 1.30 bits per heavy atom. The van der Waals surface area contributed by atoms with Crippen LogP contribution in [0.3, 0.4) is 0 Å². The molecule has 0 aromatic heterocycles. The highest BCUT2D eigenvalue weighted by atomic mass is 35.5. The fourth-order valence-electron chi connectivity index (χ4n) is 3.85. The molecule has 3 rings (SSSR count). The number of hydrogen-bond donors (Lipinski definition) is 3. The Kier molecular flexibility index (Phi) is 6.71. The van der Waals surface area contributed by atoms with Crippen molar-refractivity contribution in [3.63, 3.8) is 0 Å². The Labute approximate surface area is 174 Å². The van der Waals surface area contributed by atoms with Crippen molar-refractivity contribution in [1.82, 2.24) is 20.9 Å². The van der Waals surface area contributed by atoms with Gasteiger partial charge in [-0.2, -0.15) is 13.2 Å². The number of benzene rings is 1. The zero-order valence-electron chi connectivity index (χ0n) is 15.7. The fraction of sp³-hybridized carbons (Fsp3) is 0.556. The first kappa shape index (κ1) is 22.5. The van der Waals surface area contributed by atoms with Crippen molar-refractivity contribution >= 4 is 23.5 Å². The number of amides is 3. The summed E-state index contributed by atoms with van der Waals surface area (Å²) in [5, 5.41) is 6.50. The van der Waals surface area contributed by atoms with Crippen molar-refractivity contribution in [2.24, 2.45) is 0 Å². The van der Waals surface area contributed by atoms with Gasteiger partial charge in [-0.15, -0.1) is 0 Å². The molecule has 12 heteroatoms. The van der Waals surface area contributed by atoms with Crippen LogP contribution in [-0.4, -0.2) is 54.7 Å². The minimum Gasteiger partial charge on any atom is -0.346 e. The minimum atomic E-state index is -4.49. The van der Waals surface area contributed by atoms with Crippen LogP contribution >= 0.6 is 11.6 Å². The van der Waals surface area contributed by atoms with Crippen molar-refractivity contribution in [3.05, 3.63) is 34.4 Å². The SMILES string of the molecule is O=C1NC[C@@H](C(=O)N[C@@H](c2ccc(F)c(Cl)c2F)[C@H]2CCCCN2CC(F)(F)F)N1. The number of piperidine rings is 1. The third-order valence-electron chi connectivity index (χ3n) is 5.22. The summed E-state index contributed by atoms with van der Waals surface area (Å²) in [4.78, 5) is 25.1. The number of rotatable bonds is 5. The van der Waals surface area contributed by atoms with Gasteiger partial charge in [0.05, 0.1) is 12.6 Å². The molecule has 166 valence electrons. The lowest BCUT2D eigenvalue weighted by molar-refractivity contribution is -0.155. The van der Waals surface area contributed by atoms with Crippen LogP contribution in [0.5, 0.6) is 0 Å². The maximum absolute atomic E-state index is 14.8. The second-order valence-corrected chi connectivity index (χ2v) is 7.68. The Hall–Kier alpha value is -2.14. The van der Waals surface area contributed by atoms with Crippen LogP contribution in [0.1, 0.15) is 30.9 Å². The van der Waals surface area contributed by atoms with E-state index in [1.165, 1.54) is 0 Å². The van der Waals surface area contributed by atoms with Gasteiger partial charge < -0.3 is 16.0 Å². The van der Waals surface area contributed by atoms with Crippen molar-refractivity contribution < 1.29 is 31.5 Å². The average molecular weight is 455 g/mol. The molecule has 0 aliphatic carbocycles. The predicted octanol–water partition coefficient (Wildman–Crippen LogP) is 2.87. The van der Waals surface area contributed by atoms with Crippen LogP contribution in [0.15, 0.2) is 12.1 Å². The fourth-order valence-corrected chi connectivity index (χ4v) is 4.02. The van der Waals surface area contributed by atoms with E-state index in [4.69, 9.17) is 11.6 Å². The Morgan fingerprint density at radius 3 is 2.67 bits per heavy atom. The van der Waals surface area contributed by atoms with Crippen molar-refractivity contribution in [1.29, 1.82) is 0 Å². The van der Waals surface area contributed by atoms with E-state index in [1.807, 2.05) is 0 Å². The first-order chi connectivity index (χ1) is 14.1. The largest absolute Gasteiger partial charge is 0.401 e. The van der Waals surface area contributed by atoms with E-state index < -0.39 is 59.4 Å². The molecule has 2 heterocycles. The standard InChI is InChI=1S/C18H20ClF5N4O2/c19-13-10(20)5-4-9(14(13)21)15(27-16(29)11-7-25-17(30)26-11)12-3-1-2-6-28(12)8-18(22,23)24/h4-5,11-12,15H,1-3,6-8H2,(H,27,29)(H2,25,26,30)/t11-,12+,15-/m0/s1. The lowest BCUT2D eigenvalue weighted by Crippen LogP contribution is -2.54. The lowest BCUT2D eigenvalue weighted by Gasteiger charge is -2.41. The number of carbonyl (C=O) groups is 2. The van der Waals surface area contributed by atoms with E-state index in [-0.39, 0.29) is 25.1 Å². The second kappa shape index (κ2) is 8.93. The van der Waals surface area contributed by atoms with E-state index in [0.29, 0.717) is 12.8 Å². The van der Waals surface area contributed by atoms with Gasteiger partial charge in [-0.25, -0.2) is 13.6 Å². The summed E-state index contributed by atoms with van der Waals surface area (Å²) in [7, 11) is 0. The molecule has 0 radical (unpaired) electrons. The predicted molar refractivity (Wildman–Crippen MR) is 97.8 cm³/mol. The summed E-state index contributed by atoms with van der Waals surface area (Å²) < 4.78 is 67.7. The summed E-state index contributed by atoms with van der Waals surface area (Å²) in [6, 6.07) is -1.71. The molecule has 6 nitrogen and oxygen atoms in total. The van der Waals surface area contributed by atoms with Crippen LogP contribution in [0.25, 0.3) is 0 Å².